The van der Waals surface area contributed by atoms with Gasteiger partial charge in [0.15, 0.2) is 5.78 Å². The van der Waals surface area contributed by atoms with Crippen LogP contribution in [0.3, 0.4) is 0 Å². The fourth-order valence-electron chi connectivity index (χ4n) is 7.65. The second-order valence-corrected chi connectivity index (χ2v) is 13.6. The molecule has 10 heteroatoms. The number of rotatable bonds is 3. The summed E-state index contributed by atoms with van der Waals surface area (Å²) in [5, 5.41) is 58.0. The van der Waals surface area contributed by atoms with Crippen LogP contribution in [0.4, 0.5) is 0 Å². The molecule has 1 saturated heterocycles. The van der Waals surface area contributed by atoms with E-state index in [2.05, 4.69) is 15.3 Å². The second kappa shape index (κ2) is 13.0. The highest BCUT2D eigenvalue weighted by Gasteiger charge is 2.39. The summed E-state index contributed by atoms with van der Waals surface area (Å²) >= 11 is 0. The van der Waals surface area contributed by atoms with Crippen LogP contribution in [0.5, 0.6) is 17.2 Å². The van der Waals surface area contributed by atoms with Gasteiger partial charge in [-0.1, -0.05) is 48.6 Å². The van der Waals surface area contributed by atoms with Crippen molar-refractivity contribution in [2.75, 3.05) is 0 Å². The van der Waals surface area contributed by atoms with Crippen LogP contribution in [0, 0.1) is 0 Å². The molecule has 3 aliphatic heterocycles. The predicted molar refractivity (Wildman–Crippen MR) is 206 cm³/mol. The molecule has 0 radical (unpaired) electrons. The summed E-state index contributed by atoms with van der Waals surface area (Å²) in [6, 6.07) is 28.3. The Hall–Kier alpha value is -6.88. The van der Waals surface area contributed by atoms with E-state index in [1.165, 1.54) is 12.2 Å². The van der Waals surface area contributed by atoms with Crippen molar-refractivity contribution in [3.63, 3.8) is 0 Å². The third-order valence-corrected chi connectivity index (χ3v) is 10.2. The van der Waals surface area contributed by atoms with Gasteiger partial charge in [-0.05, 0) is 108 Å². The van der Waals surface area contributed by atoms with E-state index in [0.29, 0.717) is 46.5 Å². The molecule has 4 aliphatic rings. The summed E-state index contributed by atoms with van der Waals surface area (Å²) in [6.45, 7) is 0. The number of phenolic OH excluding ortho intramolecular Hbond substituents is 3. The van der Waals surface area contributed by atoms with Crippen molar-refractivity contribution in [1.29, 1.82) is 0 Å². The number of aromatic amines is 2. The lowest BCUT2D eigenvalue weighted by atomic mass is 9.92. The van der Waals surface area contributed by atoms with Gasteiger partial charge >= 0.3 is 0 Å². The van der Waals surface area contributed by atoms with Crippen LogP contribution < -0.4 is 5.32 Å². The summed E-state index contributed by atoms with van der Waals surface area (Å²) in [6.07, 6.45) is 4.72. The van der Waals surface area contributed by atoms with Crippen molar-refractivity contribution >= 4 is 33.8 Å². The van der Waals surface area contributed by atoms with Crippen LogP contribution in [0.1, 0.15) is 52.3 Å². The summed E-state index contributed by atoms with van der Waals surface area (Å²) in [5.74, 6) is 0.183. The third kappa shape index (κ3) is 5.70. The molecule has 0 saturated carbocycles. The van der Waals surface area contributed by atoms with E-state index in [-0.39, 0.29) is 34.4 Å². The molecule has 10 nitrogen and oxygen atoms in total. The SMILES string of the molecule is O=C1C=CC(=C2C3=N/C(=C(/c4ccc(O)cc4)c4ccc([nH]4)/C(c4ccc(O)cc4)=C4/CC/C(=C(\c5ccc(O)cc5)c5ccc2[nH]5)N4)[C@@H](O)[C@H]3O)C=C1. The molecule has 9 rings (SSSR count). The van der Waals surface area contributed by atoms with Crippen molar-refractivity contribution in [2.45, 2.75) is 25.0 Å². The molecule has 1 fully saturated rings. The maximum absolute atomic E-state index is 12.2. The molecule has 0 unspecified atom stereocenters. The zero-order chi connectivity index (χ0) is 37.1. The number of H-pyrrole nitrogens is 2. The molecule has 2 aromatic heterocycles. The number of allylic oxidation sites excluding steroid dienone is 7. The topological polar surface area (TPSA) is 174 Å². The molecule has 54 heavy (non-hydrogen) atoms. The number of aromatic nitrogens is 2. The number of hydrogen-bond donors (Lipinski definition) is 8. The number of nitrogens with zero attached hydrogens (tertiary/aromatic N) is 1. The Morgan fingerprint density at radius 1 is 0.500 bits per heavy atom. The Morgan fingerprint density at radius 3 is 1.37 bits per heavy atom. The predicted octanol–water partition coefficient (Wildman–Crippen LogP) is 6.46. The summed E-state index contributed by atoms with van der Waals surface area (Å²) in [7, 11) is 0. The van der Waals surface area contributed by atoms with Crippen molar-refractivity contribution < 1.29 is 30.3 Å². The number of aliphatic imine (C=N–C) groups is 1. The summed E-state index contributed by atoms with van der Waals surface area (Å²) < 4.78 is 0. The average molecular weight is 715 g/mol. The molecule has 3 aromatic carbocycles. The number of nitrogens with one attached hydrogen (secondary N) is 3. The van der Waals surface area contributed by atoms with Crippen LogP contribution in [0.15, 0.2) is 149 Å². The van der Waals surface area contributed by atoms with E-state index < -0.39 is 12.2 Å². The van der Waals surface area contributed by atoms with Crippen LogP contribution in [0.2, 0.25) is 0 Å². The van der Waals surface area contributed by atoms with E-state index in [9.17, 15) is 30.3 Å². The van der Waals surface area contributed by atoms with Gasteiger partial charge in [-0.25, -0.2) is 0 Å². The number of phenols is 3. The van der Waals surface area contributed by atoms with Crippen molar-refractivity contribution in [3.8, 4) is 17.2 Å². The van der Waals surface area contributed by atoms with Crippen molar-refractivity contribution in [1.82, 2.24) is 15.3 Å². The number of ketones is 1. The molecule has 1 aliphatic carbocycles. The van der Waals surface area contributed by atoms with Crippen LogP contribution in [0.25, 0.3) is 22.3 Å². The quantitative estimate of drug-likeness (QED) is 0.106. The van der Waals surface area contributed by atoms with Gasteiger partial charge < -0.3 is 40.8 Å². The first-order valence-corrected chi connectivity index (χ1v) is 17.6. The normalized spacial score (nSPS) is 23.6. The third-order valence-electron chi connectivity index (χ3n) is 10.2. The number of benzene rings is 3. The molecule has 266 valence electrons. The summed E-state index contributed by atoms with van der Waals surface area (Å²) in [4.78, 5) is 24.4. The second-order valence-electron chi connectivity index (χ2n) is 13.6. The van der Waals surface area contributed by atoms with E-state index in [0.717, 1.165) is 45.1 Å². The number of carbonyl (C=O) groups is 1. The zero-order valence-corrected chi connectivity index (χ0v) is 28.7. The molecule has 0 amide bonds. The Morgan fingerprint density at radius 2 is 0.907 bits per heavy atom. The Kier molecular flexibility index (Phi) is 7.92. The number of fused-ring (bicyclic) bond motifs is 7. The van der Waals surface area contributed by atoms with Gasteiger partial charge in [-0.3, -0.25) is 9.79 Å². The zero-order valence-electron chi connectivity index (χ0n) is 28.7. The summed E-state index contributed by atoms with van der Waals surface area (Å²) in [5.41, 5.74) is 10.8. The minimum atomic E-state index is -1.44. The van der Waals surface area contributed by atoms with E-state index in [1.807, 2.05) is 48.5 Å². The lowest BCUT2D eigenvalue weighted by molar-refractivity contribution is -0.110. The molecule has 2 atom stereocenters. The first-order valence-electron chi connectivity index (χ1n) is 17.6. The average Bonchev–Trinajstić information content (AvgIpc) is 4.00. The molecule has 5 aromatic rings. The maximum atomic E-state index is 12.2. The molecule has 8 N–H and O–H groups in total. The lowest BCUT2D eigenvalue weighted by Crippen LogP contribution is -2.30. The molecular weight excluding hydrogens is 681 g/mol. The van der Waals surface area contributed by atoms with Gasteiger partial charge in [-0.2, -0.15) is 0 Å². The van der Waals surface area contributed by atoms with Gasteiger partial charge in [0.05, 0.1) is 11.4 Å². The molecule has 8 bridgehead atoms. The van der Waals surface area contributed by atoms with E-state index in [4.69, 9.17) is 4.99 Å². The molecular formula is C44H34N4O6. The lowest BCUT2D eigenvalue weighted by Gasteiger charge is -2.17. The van der Waals surface area contributed by atoms with Crippen LogP contribution >= 0.6 is 0 Å². The Bertz CT molecular complexity index is 2560. The number of hydrogen-bond acceptors (Lipinski definition) is 8. The smallest absolute Gasteiger partial charge is 0.178 e. The van der Waals surface area contributed by atoms with Gasteiger partial charge in [0.1, 0.15) is 29.5 Å². The van der Waals surface area contributed by atoms with E-state index in [1.54, 1.807) is 60.7 Å². The first kappa shape index (κ1) is 33.0. The molecule has 0 spiro atoms. The first-order chi connectivity index (χ1) is 26.2. The number of aliphatic hydroxyl groups is 2. The van der Waals surface area contributed by atoms with E-state index >= 15 is 0 Å². The Labute approximate surface area is 309 Å². The van der Waals surface area contributed by atoms with Gasteiger partial charge in [0, 0.05) is 56.5 Å². The van der Waals surface area contributed by atoms with Crippen LogP contribution in [-0.4, -0.2) is 59.2 Å². The minimum absolute atomic E-state index is 0.0723. The van der Waals surface area contributed by atoms with Gasteiger partial charge in [-0.15, -0.1) is 0 Å². The van der Waals surface area contributed by atoms with Crippen molar-refractivity contribution in [2.24, 2.45) is 4.99 Å². The maximum Gasteiger partial charge on any atom is 0.178 e. The largest absolute Gasteiger partial charge is 0.508 e. The number of carbonyl (C=O) groups excluding carboxylic acids is 1. The Balaban J connectivity index is 1.37. The fourth-order valence-corrected chi connectivity index (χ4v) is 7.65. The molecule has 5 heterocycles. The van der Waals surface area contributed by atoms with Crippen LogP contribution in [-0.2, 0) is 4.79 Å². The highest BCUT2D eigenvalue weighted by Crippen LogP contribution is 2.42. The minimum Gasteiger partial charge on any atom is -0.508 e. The fraction of sp³-hybridized carbons (Fsp3) is 0.0909. The van der Waals surface area contributed by atoms with Crippen molar-refractivity contribution in [3.05, 3.63) is 183 Å². The highest BCUT2D eigenvalue weighted by molar-refractivity contribution is 6.29. The number of aromatic hydroxyl groups is 3. The monoisotopic (exact) mass is 714 g/mol. The standard InChI is InChI=1S/C44H34N4O6/c49-27-9-1-23(2-10-27)37-31-17-18-32(45-31)38(24-3-11-28(50)12-4-24)34-20-22-36(47-34)40(26-7-15-30(52)16-8-26)42-44(54)43(53)41(48-42)39(35-21-19-33(37)46-35)25-5-13-29(51)14-6-25/h1-16,19-22,43-47,49-51,53-54H,17-18H2/b37-31-,38-32-,41-39-/t43-,44+/m1/s1. The van der Waals surface area contributed by atoms with Gasteiger partial charge in [0.2, 0.25) is 0 Å². The highest BCUT2D eigenvalue weighted by atomic mass is 16.3. The van der Waals surface area contributed by atoms with Gasteiger partial charge in [0.25, 0.3) is 0 Å². The number of aliphatic hydroxyl groups excluding tert-OH is 2.